The van der Waals surface area contributed by atoms with Crippen LogP contribution in [0.25, 0.3) is 0 Å². The van der Waals surface area contributed by atoms with Crippen molar-refractivity contribution < 1.29 is 4.74 Å². The molecular formula is C14H18BrN3O. The summed E-state index contributed by atoms with van der Waals surface area (Å²) in [6.07, 6.45) is 3.63. The van der Waals surface area contributed by atoms with E-state index in [1.165, 1.54) is 5.56 Å². The number of nitrogens with one attached hydrogen (secondary N) is 1. The third-order valence-electron chi connectivity index (χ3n) is 2.71. The van der Waals surface area contributed by atoms with Crippen molar-refractivity contribution in [2.75, 3.05) is 7.05 Å². The van der Waals surface area contributed by atoms with Crippen LogP contribution in [0.1, 0.15) is 25.5 Å². The molecule has 0 saturated carbocycles. The predicted molar refractivity (Wildman–Crippen MR) is 79.6 cm³/mol. The van der Waals surface area contributed by atoms with Crippen LogP contribution in [-0.4, -0.2) is 16.8 Å². The number of ether oxygens (including phenoxy) is 1. The molecule has 0 radical (unpaired) electrons. The lowest BCUT2D eigenvalue weighted by Crippen LogP contribution is -2.04. The van der Waals surface area contributed by atoms with E-state index in [4.69, 9.17) is 4.74 Å². The van der Waals surface area contributed by atoms with Crippen molar-refractivity contribution in [2.45, 2.75) is 26.4 Å². The zero-order chi connectivity index (χ0) is 13.8. The van der Waals surface area contributed by atoms with Crippen LogP contribution < -0.4 is 10.1 Å². The molecule has 1 aromatic heterocycles. The monoisotopic (exact) mass is 323 g/mol. The largest absolute Gasteiger partial charge is 0.453 e. The van der Waals surface area contributed by atoms with E-state index in [0.29, 0.717) is 6.04 Å². The molecule has 4 nitrogen and oxygen atoms in total. The maximum atomic E-state index is 5.82. The van der Waals surface area contributed by atoms with Crippen LogP contribution in [0.5, 0.6) is 11.5 Å². The number of halogens is 1. The molecule has 1 N–H and O–H groups in total. The fourth-order valence-electron chi connectivity index (χ4n) is 1.72. The molecule has 0 spiro atoms. The summed E-state index contributed by atoms with van der Waals surface area (Å²) in [5, 5.41) is 7.38. The van der Waals surface area contributed by atoms with Crippen molar-refractivity contribution in [1.29, 1.82) is 0 Å². The SMILES string of the molecule is CNCc1ccc(Oc2cnn(C(C)C)c2)c(Br)c1. The van der Waals surface area contributed by atoms with Crippen LogP contribution in [0.3, 0.4) is 0 Å². The smallest absolute Gasteiger partial charge is 0.165 e. The van der Waals surface area contributed by atoms with E-state index in [-0.39, 0.29) is 0 Å². The molecule has 1 heterocycles. The van der Waals surface area contributed by atoms with Crippen LogP contribution in [-0.2, 0) is 6.54 Å². The lowest BCUT2D eigenvalue weighted by atomic mass is 10.2. The van der Waals surface area contributed by atoms with Gasteiger partial charge in [0.1, 0.15) is 5.75 Å². The van der Waals surface area contributed by atoms with Crippen LogP contribution in [0, 0.1) is 0 Å². The van der Waals surface area contributed by atoms with Gasteiger partial charge in [-0.15, -0.1) is 0 Å². The third kappa shape index (κ3) is 3.58. The van der Waals surface area contributed by atoms with Gasteiger partial charge in [0.2, 0.25) is 0 Å². The van der Waals surface area contributed by atoms with Crippen LogP contribution >= 0.6 is 15.9 Å². The molecule has 0 saturated heterocycles. The number of aromatic nitrogens is 2. The summed E-state index contributed by atoms with van der Waals surface area (Å²) in [6.45, 7) is 5.00. The summed E-state index contributed by atoms with van der Waals surface area (Å²) >= 11 is 3.53. The van der Waals surface area contributed by atoms with Crippen molar-refractivity contribution in [3.8, 4) is 11.5 Å². The Balaban J connectivity index is 2.13. The molecule has 2 rings (SSSR count). The summed E-state index contributed by atoms with van der Waals surface area (Å²) in [7, 11) is 1.93. The highest BCUT2D eigenvalue weighted by atomic mass is 79.9. The molecule has 0 aliphatic heterocycles. The van der Waals surface area contributed by atoms with Crippen LogP contribution in [0.4, 0.5) is 0 Å². The Morgan fingerprint density at radius 2 is 2.21 bits per heavy atom. The van der Waals surface area contributed by atoms with E-state index in [2.05, 4.69) is 46.3 Å². The van der Waals surface area contributed by atoms with Gasteiger partial charge in [-0.1, -0.05) is 6.07 Å². The minimum Gasteiger partial charge on any atom is -0.453 e. The van der Waals surface area contributed by atoms with Gasteiger partial charge in [-0.25, -0.2) is 0 Å². The third-order valence-corrected chi connectivity index (χ3v) is 3.33. The van der Waals surface area contributed by atoms with Gasteiger partial charge < -0.3 is 10.1 Å². The Labute approximate surface area is 121 Å². The molecule has 1 aromatic carbocycles. The zero-order valence-electron chi connectivity index (χ0n) is 11.4. The Morgan fingerprint density at radius 3 is 2.79 bits per heavy atom. The highest BCUT2D eigenvalue weighted by Gasteiger charge is 2.07. The highest BCUT2D eigenvalue weighted by Crippen LogP contribution is 2.30. The van der Waals surface area contributed by atoms with E-state index < -0.39 is 0 Å². The normalized spacial score (nSPS) is 11.0. The molecule has 0 unspecified atom stereocenters. The molecule has 2 aromatic rings. The number of hydrogen-bond acceptors (Lipinski definition) is 3. The summed E-state index contributed by atoms with van der Waals surface area (Å²) in [6, 6.07) is 6.39. The van der Waals surface area contributed by atoms with Gasteiger partial charge in [-0.3, -0.25) is 4.68 Å². The standard InChI is InChI=1S/C14H18BrN3O/c1-10(2)18-9-12(8-17-18)19-14-5-4-11(7-16-3)6-13(14)15/h4-6,8-10,16H,7H2,1-3H3. The van der Waals surface area contributed by atoms with Crippen molar-refractivity contribution in [1.82, 2.24) is 15.1 Å². The Bertz CT molecular complexity index is 551. The number of nitrogens with zero attached hydrogens (tertiary/aromatic N) is 2. The second-order valence-corrected chi connectivity index (χ2v) is 5.50. The fraction of sp³-hybridized carbons (Fsp3) is 0.357. The Hall–Kier alpha value is -1.33. The first-order valence-electron chi connectivity index (χ1n) is 6.25. The van der Waals surface area contributed by atoms with Gasteiger partial charge in [0, 0.05) is 12.6 Å². The maximum Gasteiger partial charge on any atom is 0.165 e. The molecule has 19 heavy (non-hydrogen) atoms. The first kappa shape index (κ1) is 14.1. The Kier molecular flexibility index (Phi) is 4.61. The lowest BCUT2D eigenvalue weighted by molar-refractivity contribution is 0.474. The fourth-order valence-corrected chi connectivity index (χ4v) is 2.23. The van der Waals surface area contributed by atoms with Crippen molar-refractivity contribution in [3.63, 3.8) is 0 Å². The van der Waals surface area contributed by atoms with Gasteiger partial charge in [0.05, 0.1) is 16.9 Å². The minimum absolute atomic E-state index is 0.332. The second kappa shape index (κ2) is 6.21. The zero-order valence-corrected chi connectivity index (χ0v) is 12.9. The summed E-state index contributed by atoms with van der Waals surface area (Å²) in [5.41, 5.74) is 1.21. The molecule has 0 fully saturated rings. The van der Waals surface area contributed by atoms with Gasteiger partial charge in [0.25, 0.3) is 0 Å². The van der Waals surface area contributed by atoms with Crippen molar-refractivity contribution >= 4 is 15.9 Å². The van der Waals surface area contributed by atoms with Gasteiger partial charge in [0.15, 0.2) is 5.75 Å². The first-order chi connectivity index (χ1) is 9.10. The van der Waals surface area contributed by atoms with E-state index in [9.17, 15) is 0 Å². The average Bonchev–Trinajstić information content (AvgIpc) is 2.82. The molecule has 0 amide bonds. The van der Waals surface area contributed by atoms with Gasteiger partial charge in [-0.2, -0.15) is 5.10 Å². The van der Waals surface area contributed by atoms with Crippen molar-refractivity contribution in [3.05, 3.63) is 40.6 Å². The van der Waals surface area contributed by atoms with Crippen molar-refractivity contribution in [2.24, 2.45) is 0 Å². The first-order valence-corrected chi connectivity index (χ1v) is 7.04. The molecule has 0 aliphatic rings. The molecule has 0 bridgehead atoms. The number of benzene rings is 1. The quantitative estimate of drug-likeness (QED) is 0.911. The van der Waals surface area contributed by atoms with E-state index in [0.717, 1.165) is 22.5 Å². The predicted octanol–water partition coefficient (Wildman–Crippen LogP) is 3.74. The lowest BCUT2D eigenvalue weighted by Gasteiger charge is -2.08. The molecule has 5 heteroatoms. The summed E-state index contributed by atoms with van der Waals surface area (Å²) < 4.78 is 8.64. The Morgan fingerprint density at radius 1 is 1.42 bits per heavy atom. The number of hydrogen-bond donors (Lipinski definition) is 1. The van der Waals surface area contributed by atoms with Gasteiger partial charge in [-0.05, 0) is 54.5 Å². The second-order valence-electron chi connectivity index (χ2n) is 4.65. The van der Waals surface area contributed by atoms with Crippen LogP contribution in [0.2, 0.25) is 0 Å². The summed E-state index contributed by atoms with van der Waals surface area (Å²) in [4.78, 5) is 0. The number of rotatable bonds is 5. The van der Waals surface area contributed by atoms with E-state index in [1.807, 2.05) is 30.1 Å². The molecule has 0 atom stereocenters. The van der Waals surface area contributed by atoms with Crippen LogP contribution in [0.15, 0.2) is 35.1 Å². The topological polar surface area (TPSA) is 39.1 Å². The van der Waals surface area contributed by atoms with E-state index in [1.54, 1.807) is 6.20 Å². The van der Waals surface area contributed by atoms with E-state index >= 15 is 0 Å². The molecule has 0 aliphatic carbocycles. The molecular weight excluding hydrogens is 306 g/mol. The van der Waals surface area contributed by atoms with Gasteiger partial charge >= 0.3 is 0 Å². The minimum atomic E-state index is 0.332. The maximum absolute atomic E-state index is 5.82. The average molecular weight is 324 g/mol. The molecule has 102 valence electrons. The highest BCUT2D eigenvalue weighted by molar-refractivity contribution is 9.10. The summed E-state index contributed by atoms with van der Waals surface area (Å²) in [5.74, 6) is 1.54.